The van der Waals surface area contributed by atoms with Gasteiger partial charge in [-0.1, -0.05) is 31.5 Å². The van der Waals surface area contributed by atoms with Crippen molar-refractivity contribution in [3.63, 3.8) is 0 Å². The first-order valence-corrected chi connectivity index (χ1v) is 7.52. The molecule has 2 rings (SSSR count). The summed E-state index contributed by atoms with van der Waals surface area (Å²) in [5.74, 6) is 0. The first kappa shape index (κ1) is 13.6. The van der Waals surface area contributed by atoms with Gasteiger partial charge in [-0.15, -0.1) is 0 Å². The Labute approximate surface area is 111 Å². The van der Waals surface area contributed by atoms with Gasteiger partial charge in [0.25, 0.3) is 0 Å². The van der Waals surface area contributed by atoms with E-state index in [9.17, 15) is 0 Å². The van der Waals surface area contributed by atoms with E-state index in [0.717, 1.165) is 6.54 Å². The largest absolute Gasteiger partial charge is 0.337 e. The van der Waals surface area contributed by atoms with Gasteiger partial charge in [0.1, 0.15) is 13.1 Å². The number of nitrogens with one attached hydrogen (secondary N) is 1. The molecule has 1 aromatic rings. The van der Waals surface area contributed by atoms with Crippen LogP contribution in [0.4, 0.5) is 0 Å². The Morgan fingerprint density at radius 2 is 1.94 bits per heavy atom. The molecule has 1 heterocycles. The Balaban J connectivity index is 2.26. The zero-order valence-electron chi connectivity index (χ0n) is 12.1. The van der Waals surface area contributed by atoms with Gasteiger partial charge in [0.05, 0.1) is 13.1 Å². The van der Waals surface area contributed by atoms with E-state index in [-0.39, 0.29) is 0 Å². The maximum atomic E-state index is 2.48. The molecule has 0 aromatic heterocycles. The fourth-order valence-electron chi connectivity index (χ4n) is 3.26. The van der Waals surface area contributed by atoms with Gasteiger partial charge in [0.2, 0.25) is 0 Å². The monoisotopic (exact) mass is 248 g/mol. The maximum Gasteiger partial charge on any atom is 0.163 e. The Morgan fingerprint density at radius 1 is 1.22 bits per heavy atom. The quantitative estimate of drug-likeness (QED) is 0.770. The Bertz CT molecular complexity index is 381. The molecule has 1 aliphatic rings. The van der Waals surface area contributed by atoms with Crippen molar-refractivity contribution in [2.45, 2.75) is 46.2 Å². The minimum Gasteiger partial charge on any atom is -0.337 e. The molecule has 2 nitrogen and oxygen atoms in total. The first-order valence-electron chi connectivity index (χ1n) is 7.52. The number of hydrogen-bond donors (Lipinski definition) is 2. The van der Waals surface area contributed by atoms with Crippen LogP contribution in [0, 0.1) is 6.92 Å². The summed E-state index contributed by atoms with van der Waals surface area (Å²) in [6, 6.07) is 7.73. The molecule has 1 atom stereocenters. The highest BCUT2D eigenvalue weighted by atomic mass is 15.2. The predicted octanol–water partition coefficient (Wildman–Crippen LogP) is 0.818. The minimum absolute atomic E-state index is 0.702. The molecule has 0 saturated carbocycles. The molecule has 18 heavy (non-hydrogen) atoms. The lowest BCUT2D eigenvalue weighted by Crippen LogP contribution is -3.15. The third-order valence-corrected chi connectivity index (χ3v) is 4.08. The van der Waals surface area contributed by atoms with Crippen LogP contribution in [-0.4, -0.2) is 19.6 Å². The number of rotatable bonds is 5. The third kappa shape index (κ3) is 2.93. The van der Waals surface area contributed by atoms with Crippen LogP contribution in [0.1, 0.15) is 49.4 Å². The van der Waals surface area contributed by atoms with Gasteiger partial charge in [-0.3, -0.25) is 0 Å². The molecular weight excluding hydrogens is 220 g/mol. The number of fused-ring (bicyclic) bond motifs is 1. The molecule has 2 heteroatoms. The molecule has 0 radical (unpaired) electrons. The molecule has 0 aliphatic carbocycles. The van der Waals surface area contributed by atoms with Crippen molar-refractivity contribution in [3.8, 4) is 0 Å². The van der Waals surface area contributed by atoms with Gasteiger partial charge in [0, 0.05) is 11.1 Å². The van der Waals surface area contributed by atoms with Gasteiger partial charge >= 0.3 is 0 Å². The molecule has 0 amide bonds. The first-order chi connectivity index (χ1) is 8.76. The van der Waals surface area contributed by atoms with Crippen LogP contribution in [0.15, 0.2) is 18.2 Å². The van der Waals surface area contributed by atoms with Crippen molar-refractivity contribution in [1.29, 1.82) is 0 Å². The van der Waals surface area contributed by atoms with E-state index in [0.29, 0.717) is 6.04 Å². The van der Waals surface area contributed by atoms with E-state index in [1.165, 1.54) is 38.0 Å². The van der Waals surface area contributed by atoms with Crippen molar-refractivity contribution in [1.82, 2.24) is 0 Å². The van der Waals surface area contributed by atoms with E-state index in [4.69, 9.17) is 0 Å². The molecule has 0 fully saturated rings. The second-order valence-corrected chi connectivity index (χ2v) is 5.64. The Kier molecular flexibility index (Phi) is 4.79. The van der Waals surface area contributed by atoms with Gasteiger partial charge in [-0.05, 0) is 25.8 Å². The fraction of sp³-hybridized carbons (Fsp3) is 0.625. The summed E-state index contributed by atoms with van der Waals surface area (Å²) >= 11 is 0. The summed E-state index contributed by atoms with van der Waals surface area (Å²) in [5.41, 5.74) is 4.59. The highest BCUT2D eigenvalue weighted by molar-refractivity contribution is 5.33. The average Bonchev–Trinajstić information content (AvgIpc) is 2.38. The van der Waals surface area contributed by atoms with Gasteiger partial charge in [-0.25, -0.2) is 0 Å². The molecule has 100 valence electrons. The summed E-state index contributed by atoms with van der Waals surface area (Å²) in [4.78, 5) is 1.78. The summed E-state index contributed by atoms with van der Waals surface area (Å²) in [6.07, 6.45) is 2.57. The second-order valence-electron chi connectivity index (χ2n) is 5.64. The third-order valence-electron chi connectivity index (χ3n) is 4.08. The van der Waals surface area contributed by atoms with Crippen LogP contribution in [0.5, 0.6) is 0 Å². The average molecular weight is 248 g/mol. The van der Waals surface area contributed by atoms with Crippen molar-refractivity contribution in [2.75, 3.05) is 19.6 Å². The molecule has 3 N–H and O–H groups in total. The number of quaternary nitrogens is 2. The van der Waals surface area contributed by atoms with Crippen LogP contribution in [0.3, 0.4) is 0 Å². The lowest BCUT2D eigenvalue weighted by atomic mass is 9.93. The number of hydrogen-bond acceptors (Lipinski definition) is 0. The van der Waals surface area contributed by atoms with Crippen LogP contribution in [0.2, 0.25) is 0 Å². The molecule has 0 saturated heterocycles. The summed E-state index contributed by atoms with van der Waals surface area (Å²) in [6.45, 7) is 11.9. The molecule has 0 bridgehead atoms. The molecule has 1 aliphatic heterocycles. The minimum atomic E-state index is 0.702. The van der Waals surface area contributed by atoms with Gasteiger partial charge in [-0.2, -0.15) is 0 Å². The number of benzene rings is 1. The lowest BCUT2D eigenvalue weighted by molar-refractivity contribution is -0.948. The molecular formula is C16H28N2+2. The summed E-state index contributed by atoms with van der Waals surface area (Å²) in [7, 11) is 0. The topological polar surface area (TPSA) is 21.1 Å². The zero-order chi connectivity index (χ0) is 13.0. The van der Waals surface area contributed by atoms with Crippen LogP contribution >= 0.6 is 0 Å². The van der Waals surface area contributed by atoms with E-state index < -0.39 is 0 Å². The van der Waals surface area contributed by atoms with Crippen molar-refractivity contribution in [3.05, 3.63) is 34.9 Å². The second kappa shape index (κ2) is 6.35. The smallest absolute Gasteiger partial charge is 0.163 e. The van der Waals surface area contributed by atoms with E-state index >= 15 is 0 Å². The highest BCUT2D eigenvalue weighted by Crippen LogP contribution is 2.19. The van der Waals surface area contributed by atoms with Crippen LogP contribution in [-0.2, 0) is 6.54 Å². The predicted molar refractivity (Wildman–Crippen MR) is 75.7 cm³/mol. The van der Waals surface area contributed by atoms with Crippen molar-refractivity contribution in [2.24, 2.45) is 0 Å². The SMILES string of the molecule is CCC[NH+](CCC)[C@@H]1C[NH2+]Cc2ccc(C)cc21. The van der Waals surface area contributed by atoms with E-state index in [1.54, 1.807) is 16.0 Å². The van der Waals surface area contributed by atoms with Crippen LogP contribution in [0.25, 0.3) is 0 Å². The number of nitrogens with two attached hydrogens (primary N) is 1. The van der Waals surface area contributed by atoms with Crippen molar-refractivity contribution < 1.29 is 10.2 Å². The van der Waals surface area contributed by atoms with E-state index in [1.807, 2.05) is 0 Å². The lowest BCUT2D eigenvalue weighted by Gasteiger charge is -2.31. The van der Waals surface area contributed by atoms with Gasteiger partial charge in [0.15, 0.2) is 6.04 Å². The summed E-state index contributed by atoms with van der Waals surface area (Å²) in [5, 5.41) is 2.48. The summed E-state index contributed by atoms with van der Waals surface area (Å²) < 4.78 is 0. The fourth-order valence-corrected chi connectivity index (χ4v) is 3.26. The standard InChI is InChI=1S/C16H26N2/c1-4-8-18(9-5-2)16-12-17-11-14-7-6-13(3)10-15(14)16/h6-7,10,16-17H,4-5,8-9,11-12H2,1-3H3/p+2/t16-/m1/s1. The van der Waals surface area contributed by atoms with E-state index in [2.05, 4.69) is 44.3 Å². The van der Waals surface area contributed by atoms with Crippen LogP contribution < -0.4 is 10.2 Å². The molecule has 0 unspecified atom stereocenters. The Hall–Kier alpha value is -0.860. The van der Waals surface area contributed by atoms with Gasteiger partial charge < -0.3 is 10.2 Å². The number of aryl methyl sites for hydroxylation is 1. The zero-order valence-corrected chi connectivity index (χ0v) is 12.1. The molecule has 0 spiro atoms. The Morgan fingerprint density at radius 3 is 2.61 bits per heavy atom. The molecule has 1 aromatic carbocycles. The maximum absolute atomic E-state index is 2.48. The van der Waals surface area contributed by atoms with Crippen molar-refractivity contribution >= 4 is 0 Å². The normalized spacial score (nSPS) is 19.0. The highest BCUT2D eigenvalue weighted by Gasteiger charge is 2.30.